The molecule has 1 saturated heterocycles. The topological polar surface area (TPSA) is 120 Å². The Morgan fingerprint density at radius 1 is 1.39 bits per heavy atom. The Morgan fingerprint density at radius 2 is 2.21 bits per heavy atom. The highest BCUT2D eigenvalue weighted by atomic mass is 32.2. The van der Waals surface area contributed by atoms with E-state index in [0.29, 0.717) is 16.5 Å². The first-order valence-electron chi connectivity index (χ1n) is 8.58. The standard InChI is InChI=1S/C16H18N6O4S2/c1-10-5-12(22-16(20-10)18-9-19-22)13-8-21(3-4-26-13)28(24,25)15-7-17-14(27-15)6-11(2)23/h5,7,9,13H,3-4,6,8H2,1-2H3/t13-/m0/s1. The molecule has 3 aromatic heterocycles. The zero-order valence-electron chi connectivity index (χ0n) is 15.3. The van der Waals surface area contributed by atoms with Gasteiger partial charge in [-0.25, -0.2) is 18.4 Å². The highest BCUT2D eigenvalue weighted by Gasteiger charge is 2.34. The van der Waals surface area contributed by atoms with Crippen molar-refractivity contribution in [3.05, 3.63) is 35.0 Å². The second kappa shape index (κ2) is 7.28. The molecule has 0 saturated carbocycles. The summed E-state index contributed by atoms with van der Waals surface area (Å²) in [7, 11) is -3.73. The molecule has 1 aliphatic heterocycles. The summed E-state index contributed by atoms with van der Waals surface area (Å²) >= 11 is 1.03. The number of thiazole rings is 1. The fourth-order valence-corrected chi connectivity index (χ4v) is 5.88. The summed E-state index contributed by atoms with van der Waals surface area (Å²) in [5, 5.41) is 4.66. The molecule has 1 fully saturated rings. The number of nitrogens with zero attached hydrogens (tertiary/aromatic N) is 6. The number of fused-ring (bicyclic) bond motifs is 1. The van der Waals surface area contributed by atoms with Gasteiger partial charge in [0.1, 0.15) is 23.2 Å². The van der Waals surface area contributed by atoms with E-state index in [1.54, 1.807) is 4.52 Å². The normalized spacial score (nSPS) is 18.6. The van der Waals surface area contributed by atoms with Gasteiger partial charge in [-0.15, -0.1) is 11.3 Å². The molecule has 0 aromatic carbocycles. The van der Waals surface area contributed by atoms with Crippen molar-refractivity contribution < 1.29 is 17.9 Å². The predicted octanol–water partition coefficient (Wildman–Crippen LogP) is 0.783. The molecule has 1 atom stereocenters. The van der Waals surface area contributed by atoms with Gasteiger partial charge in [-0.2, -0.15) is 18.9 Å². The van der Waals surface area contributed by atoms with Crippen LogP contribution in [0.1, 0.15) is 29.4 Å². The van der Waals surface area contributed by atoms with Crippen LogP contribution in [0.25, 0.3) is 5.78 Å². The number of rotatable bonds is 5. The fraction of sp³-hybridized carbons (Fsp3) is 0.438. The molecule has 12 heteroatoms. The first-order valence-corrected chi connectivity index (χ1v) is 10.8. The SMILES string of the molecule is CC(=O)Cc1ncc(S(=O)(=O)N2CCO[C@H](c3cc(C)nc4ncnn34)C2)s1. The number of hydrogen-bond acceptors (Lipinski definition) is 9. The van der Waals surface area contributed by atoms with Crippen LogP contribution >= 0.6 is 11.3 Å². The molecule has 4 rings (SSSR count). The lowest BCUT2D eigenvalue weighted by atomic mass is 10.2. The van der Waals surface area contributed by atoms with Crippen molar-refractivity contribution >= 4 is 32.9 Å². The van der Waals surface area contributed by atoms with Crippen molar-refractivity contribution in [1.82, 2.24) is 28.9 Å². The third-order valence-electron chi connectivity index (χ3n) is 4.29. The lowest BCUT2D eigenvalue weighted by Crippen LogP contribution is -2.42. The van der Waals surface area contributed by atoms with Gasteiger partial charge >= 0.3 is 0 Å². The van der Waals surface area contributed by atoms with Crippen LogP contribution in [-0.2, 0) is 26.0 Å². The average molecular weight is 422 g/mol. The van der Waals surface area contributed by atoms with Gasteiger partial charge in [0.2, 0.25) is 0 Å². The van der Waals surface area contributed by atoms with E-state index in [2.05, 4.69) is 20.1 Å². The molecule has 0 aliphatic carbocycles. The number of hydrogen-bond donors (Lipinski definition) is 0. The highest BCUT2D eigenvalue weighted by molar-refractivity contribution is 7.91. The van der Waals surface area contributed by atoms with E-state index in [-0.39, 0.29) is 36.1 Å². The molecule has 0 spiro atoms. The van der Waals surface area contributed by atoms with E-state index in [0.717, 1.165) is 17.0 Å². The number of morpholine rings is 1. The zero-order valence-corrected chi connectivity index (χ0v) is 16.9. The maximum atomic E-state index is 13.1. The van der Waals surface area contributed by atoms with Crippen molar-refractivity contribution in [2.45, 2.75) is 30.6 Å². The number of Topliss-reactive ketones (excluding diaryl/α,β-unsaturated/α-hetero) is 1. The molecule has 0 radical (unpaired) electrons. The van der Waals surface area contributed by atoms with Gasteiger partial charge in [0.25, 0.3) is 15.8 Å². The van der Waals surface area contributed by atoms with Gasteiger partial charge in [-0.3, -0.25) is 4.79 Å². The van der Waals surface area contributed by atoms with E-state index >= 15 is 0 Å². The summed E-state index contributed by atoms with van der Waals surface area (Å²) in [6.45, 7) is 3.91. The van der Waals surface area contributed by atoms with Crippen molar-refractivity contribution in [2.75, 3.05) is 19.7 Å². The van der Waals surface area contributed by atoms with E-state index in [1.807, 2.05) is 13.0 Å². The molecule has 1 aliphatic rings. The quantitative estimate of drug-likeness (QED) is 0.592. The molecule has 0 unspecified atom stereocenters. The number of aryl methyl sites for hydroxylation is 1. The number of aromatic nitrogens is 5. The number of carbonyl (C=O) groups is 1. The van der Waals surface area contributed by atoms with Gasteiger partial charge in [0.05, 0.1) is 24.9 Å². The zero-order chi connectivity index (χ0) is 19.9. The second-order valence-electron chi connectivity index (χ2n) is 6.47. The summed E-state index contributed by atoms with van der Waals surface area (Å²) in [5.41, 5.74) is 1.44. The van der Waals surface area contributed by atoms with Gasteiger partial charge in [-0.1, -0.05) is 0 Å². The second-order valence-corrected chi connectivity index (χ2v) is 9.75. The third-order valence-corrected chi connectivity index (χ3v) is 7.59. The molecule has 28 heavy (non-hydrogen) atoms. The van der Waals surface area contributed by atoms with Gasteiger partial charge < -0.3 is 4.74 Å². The Morgan fingerprint density at radius 3 is 3.00 bits per heavy atom. The number of carbonyl (C=O) groups excluding carboxylic acids is 1. The minimum absolute atomic E-state index is 0.0605. The van der Waals surface area contributed by atoms with E-state index in [4.69, 9.17) is 4.74 Å². The van der Waals surface area contributed by atoms with Crippen molar-refractivity contribution in [1.29, 1.82) is 0 Å². The van der Waals surface area contributed by atoms with Crippen LogP contribution in [0, 0.1) is 6.92 Å². The molecule has 148 valence electrons. The van der Waals surface area contributed by atoms with Crippen molar-refractivity contribution in [3.63, 3.8) is 0 Å². The van der Waals surface area contributed by atoms with E-state index in [1.165, 1.54) is 23.8 Å². The Kier molecular flexibility index (Phi) is 4.95. The van der Waals surface area contributed by atoms with Crippen LogP contribution in [-0.4, -0.2) is 62.8 Å². The van der Waals surface area contributed by atoms with Crippen LogP contribution in [0.5, 0.6) is 0 Å². The summed E-state index contributed by atoms with van der Waals surface area (Å²) in [6.07, 6.45) is 2.34. The van der Waals surface area contributed by atoms with Gasteiger partial charge in [0, 0.05) is 18.8 Å². The Bertz CT molecular complexity index is 1140. The first kappa shape index (κ1) is 19.1. The molecule has 3 aromatic rings. The largest absolute Gasteiger partial charge is 0.369 e. The molecular formula is C16H18N6O4S2. The minimum atomic E-state index is -3.73. The van der Waals surface area contributed by atoms with Crippen LogP contribution < -0.4 is 0 Å². The molecule has 0 bridgehead atoms. The monoisotopic (exact) mass is 422 g/mol. The highest BCUT2D eigenvalue weighted by Crippen LogP contribution is 2.29. The summed E-state index contributed by atoms with van der Waals surface area (Å²) < 4.78 is 35.0. The molecular weight excluding hydrogens is 404 g/mol. The van der Waals surface area contributed by atoms with Crippen LogP contribution in [0.3, 0.4) is 0 Å². The summed E-state index contributed by atoms with van der Waals surface area (Å²) in [5.74, 6) is 0.379. The summed E-state index contributed by atoms with van der Waals surface area (Å²) in [6, 6.07) is 1.82. The number of sulfonamides is 1. The lowest BCUT2D eigenvalue weighted by Gasteiger charge is -2.31. The molecule has 4 heterocycles. The first-order chi connectivity index (χ1) is 13.3. The number of ether oxygens (including phenoxy) is 1. The Balaban J connectivity index is 1.62. The average Bonchev–Trinajstić information content (AvgIpc) is 3.30. The van der Waals surface area contributed by atoms with Gasteiger partial charge in [-0.05, 0) is 19.9 Å². The maximum absolute atomic E-state index is 13.1. The number of ketones is 1. The Labute approximate surface area is 165 Å². The van der Waals surface area contributed by atoms with Crippen LogP contribution in [0.4, 0.5) is 0 Å². The third kappa shape index (κ3) is 3.55. The molecule has 0 amide bonds. The lowest BCUT2D eigenvalue weighted by molar-refractivity contribution is -0.116. The fourth-order valence-electron chi connectivity index (χ4n) is 3.05. The minimum Gasteiger partial charge on any atom is -0.369 e. The molecule has 0 N–H and O–H groups in total. The van der Waals surface area contributed by atoms with Crippen LogP contribution in [0.2, 0.25) is 0 Å². The van der Waals surface area contributed by atoms with E-state index in [9.17, 15) is 13.2 Å². The van der Waals surface area contributed by atoms with E-state index < -0.39 is 16.1 Å². The van der Waals surface area contributed by atoms with Crippen LogP contribution in [0.15, 0.2) is 22.8 Å². The maximum Gasteiger partial charge on any atom is 0.254 e. The van der Waals surface area contributed by atoms with Crippen molar-refractivity contribution in [2.24, 2.45) is 0 Å². The Hall–Kier alpha value is -2.28. The van der Waals surface area contributed by atoms with Crippen molar-refractivity contribution in [3.8, 4) is 0 Å². The summed E-state index contributed by atoms with van der Waals surface area (Å²) in [4.78, 5) is 23.7. The van der Waals surface area contributed by atoms with Gasteiger partial charge in [0.15, 0.2) is 4.21 Å². The predicted molar refractivity (Wildman–Crippen MR) is 99.5 cm³/mol. The molecule has 10 nitrogen and oxygen atoms in total. The smallest absolute Gasteiger partial charge is 0.254 e.